The van der Waals surface area contributed by atoms with E-state index in [-0.39, 0.29) is 0 Å². The molecule has 0 aromatic carbocycles. The Morgan fingerprint density at radius 1 is 1.22 bits per heavy atom. The van der Waals surface area contributed by atoms with E-state index in [0.717, 1.165) is 0 Å². The van der Waals surface area contributed by atoms with Crippen molar-refractivity contribution in [3.8, 4) is 0 Å². The molecule has 0 aliphatic heterocycles. The molecule has 0 radical (unpaired) electrons. The van der Waals surface area contributed by atoms with Gasteiger partial charge in [0.2, 0.25) is 0 Å². The molecule has 0 fully saturated rings. The molecule has 0 nitrogen and oxygen atoms in total. The molecule has 9 heavy (non-hydrogen) atoms. The molecule has 0 heterocycles. The lowest BCUT2D eigenvalue weighted by molar-refractivity contribution is 0.675. The van der Waals surface area contributed by atoms with Gasteiger partial charge in [0.15, 0.2) is 0 Å². The van der Waals surface area contributed by atoms with Crippen molar-refractivity contribution in [1.29, 1.82) is 0 Å². The first kappa shape index (κ1) is 9.09. The minimum atomic E-state index is 1.20. The lowest BCUT2D eigenvalue weighted by atomic mass is 10.2. The standard InChI is InChI=1S/C8H16S/c1-2-3-4-5-6-7-8-9/h7-9H,2-6H2,1H3. The molecular weight excluding hydrogens is 128 g/mol. The van der Waals surface area contributed by atoms with E-state index in [4.69, 9.17) is 0 Å². The number of unbranched alkanes of at least 4 members (excludes halogenated alkanes) is 4. The molecule has 0 amide bonds. The zero-order valence-electron chi connectivity index (χ0n) is 6.14. The van der Waals surface area contributed by atoms with Gasteiger partial charge < -0.3 is 0 Å². The Labute approximate surface area is 63.8 Å². The SMILES string of the molecule is CCCCCCC=CS. The maximum Gasteiger partial charge on any atom is -0.0343 e. The Morgan fingerprint density at radius 3 is 2.56 bits per heavy atom. The Hall–Kier alpha value is 0.0900. The number of rotatable bonds is 5. The summed E-state index contributed by atoms with van der Waals surface area (Å²) < 4.78 is 0. The van der Waals surface area contributed by atoms with Crippen molar-refractivity contribution < 1.29 is 0 Å². The molecule has 0 saturated carbocycles. The topological polar surface area (TPSA) is 0 Å². The summed E-state index contributed by atoms with van der Waals surface area (Å²) in [4.78, 5) is 0. The van der Waals surface area contributed by atoms with Crippen LogP contribution in [0.25, 0.3) is 0 Å². The smallest absolute Gasteiger partial charge is 0.0343 e. The van der Waals surface area contributed by atoms with E-state index in [0.29, 0.717) is 0 Å². The van der Waals surface area contributed by atoms with E-state index in [2.05, 4.69) is 25.6 Å². The summed E-state index contributed by atoms with van der Waals surface area (Å²) in [6, 6.07) is 0. The van der Waals surface area contributed by atoms with Crippen LogP contribution < -0.4 is 0 Å². The van der Waals surface area contributed by atoms with Crippen LogP contribution in [0.15, 0.2) is 11.5 Å². The average molecular weight is 144 g/mol. The van der Waals surface area contributed by atoms with Gasteiger partial charge in [0.05, 0.1) is 0 Å². The van der Waals surface area contributed by atoms with Gasteiger partial charge in [-0.25, -0.2) is 0 Å². The molecule has 0 rings (SSSR count). The lowest BCUT2D eigenvalue weighted by Crippen LogP contribution is -1.72. The Bertz CT molecular complexity index is 67.0. The zero-order valence-corrected chi connectivity index (χ0v) is 7.03. The number of hydrogen-bond donors (Lipinski definition) is 1. The van der Waals surface area contributed by atoms with Gasteiger partial charge in [-0.1, -0.05) is 32.3 Å². The van der Waals surface area contributed by atoms with Crippen molar-refractivity contribution in [2.45, 2.75) is 39.0 Å². The van der Waals surface area contributed by atoms with Gasteiger partial charge >= 0.3 is 0 Å². The summed E-state index contributed by atoms with van der Waals surface area (Å²) in [6.45, 7) is 2.23. The second kappa shape index (κ2) is 8.09. The van der Waals surface area contributed by atoms with E-state index >= 15 is 0 Å². The van der Waals surface area contributed by atoms with E-state index in [1.54, 1.807) is 0 Å². The maximum atomic E-state index is 3.97. The molecule has 0 N–H and O–H groups in total. The largest absolute Gasteiger partial charge is 0.152 e. The van der Waals surface area contributed by atoms with Gasteiger partial charge in [0.1, 0.15) is 0 Å². The molecule has 0 saturated heterocycles. The molecule has 0 aliphatic rings. The van der Waals surface area contributed by atoms with Crippen LogP contribution in [-0.4, -0.2) is 0 Å². The van der Waals surface area contributed by atoms with E-state index < -0.39 is 0 Å². The molecule has 0 aromatic heterocycles. The number of hydrogen-bond acceptors (Lipinski definition) is 1. The van der Waals surface area contributed by atoms with Crippen LogP contribution in [0, 0.1) is 0 Å². The maximum absolute atomic E-state index is 3.97. The summed E-state index contributed by atoms with van der Waals surface area (Å²) in [7, 11) is 0. The quantitative estimate of drug-likeness (QED) is 0.443. The van der Waals surface area contributed by atoms with Crippen LogP contribution in [-0.2, 0) is 0 Å². The molecule has 54 valence electrons. The normalized spacial score (nSPS) is 10.9. The molecule has 0 aromatic rings. The van der Waals surface area contributed by atoms with E-state index in [1.807, 2.05) is 5.41 Å². The van der Waals surface area contributed by atoms with Crippen molar-refractivity contribution >= 4 is 12.6 Å². The molecule has 0 spiro atoms. The molecule has 0 bridgehead atoms. The highest BCUT2D eigenvalue weighted by atomic mass is 32.1. The van der Waals surface area contributed by atoms with Crippen molar-refractivity contribution in [3.63, 3.8) is 0 Å². The third-order valence-electron chi connectivity index (χ3n) is 1.33. The van der Waals surface area contributed by atoms with Crippen molar-refractivity contribution in [3.05, 3.63) is 11.5 Å². The second-order valence-electron chi connectivity index (χ2n) is 2.23. The first-order chi connectivity index (χ1) is 4.41. The summed E-state index contributed by atoms with van der Waals surface area (Å²) in [5.74, 6) is 0. The molecule has 0 aliphatic carbocycles. The predicted octanol–water partition coefficient (Wildman–Crippen LogP) is 3.40. The molecule has 1 heteroatoms. The highest BCUT2D eigenvalue weighted by Crippen LogP contribution is 2.02. The fourth-order valence-corrected chi connectivity index (χ4v) is 0.913. The van der Waals surface area contributed by atoms with Gasteiger partial charge in [0, 0.05) is 0 Å². The van der Waals surface area contributed by atoms with Gasteiger partial charge in [-0.15, -0.1) is 0 Å². The Balaban J connectivity index is 2.75. The van der Waals surface area contributed by atoms with E-state index in [9.17, 15) is 0 Å². The van der Waals surface area contributed by atoms with Crippen LogP contribution in [0.1, 0.15) is 39.0 Å². The van der Waals surface area contributed by atoms with Gasteiger partial charge in [-0.2, -0.15) is 12.6 Å². The van der Waals surface area contributed by atoms with Crippen LogP contribution in [0.3, 0.4) is 0 Å². The first-order valence-electron chi connectivity index (χ1n) is 3.71. The summed E-state index contributed by atoms with van der Waals surface area (Å²) >= 11 is 3.97. The fourth-order valence-electron chi connectivity index (χ4n) is 0.764. The molecular formula is C8H16S. The van der Waals surface area contributed by atoms with Gasteiger partial charge in [0.25, 0.3) is 0 Å². The fraction of sp³-hybridized carbons (Fsp3) is 0.750. The first-order valence-corrected chi connectivity index (χ1v) is 4.22. The van der Waals surface area contributed by atoms with Crippen molar-refractivity contribution in [1.82, 2.24) is 0 Å². The highest BCUT2D eigenvalue weighted by Gasteiger charge is 1.82. The summed E-state index contributed by atoms with van der Waals surface area (Å²) in [5, 5.41) is 1.83. The van der Waals surface area contributed by atoms with Gasteiger partial charge in [-0.05, 0) is 18.2 Å². The summed E-state index contributed by atoms with van der Waals surface area (Å²) in [6.07, 6.45) is 8.70. The zero-order chi connectivity index (χ0) is 6.95. The van der Waals surface area contributed by atoms with Crippen LogP contribution >= 0.6 is 12.6 Å². The minimum Gasteiger partial charge on any atom is -0.152 e. The lowest BCUT2D eigenvalue weighted by Gasteiger charge is -1.92. The van der Waals surface area contributed by atoms with Crippen LogP contribution in [0.4, 0.5) is 0 Å². The number of allylic oxidation sites excluding steroid dienone is 1. The van der Waals surface area contributed by atoms with Crippen molar-refractivity contribution in [2.75, 3.05) is 0 Å². The molecule has 0 unspecified atom stereocenters. The average Bonchev–Trinajstić information content (AvgIpc) is 1.89. The molecule has 0 atom stereocenters. The Morgan fingerprint density at radius 2 is 2.00 bits per heavy atom. The second-order valence-corrected chi connectivity index (χ2v) is 2.53. The van der Waals surface area contributed by atoms with Crippen LogP contribution in [0.2, 0.25) is 0 Å². The van der Waals surface area contributed by atoms with Gasteiger partial charge in [-0.3, -0.25) is 0 Å². The third-order valence-corrected chi connectivity index (χ3v) is 1.54. The van der Waals surface area contributed by atoms with Crippen molar-refractivity contribution in [2.24, 2.45) is 0 Å². The summed E-state index contributed by atoms with van der Waals surface area (Å²) in [5.41, 5.74) is 0. The predicted molar refractivity (Wildman–Crippen MR) is 46.9 cm³/mol. The third kappa shape index (κ3) is 8.09. The monoisotopic (exact) mass is 144 g/mol. The van der Waals surface area contributed by atoms with E-state index in [1.165, 1.54) is 32.1 Å². The van der Waals surface area contributed by atoms with Crippen LogP contribution in [0.5, 0.6) is 0 Å². The highest BCUT2D eigenvalue weighted by molar-refractivity contribution is 7.83. The number of thiol groups is 1. The minimum absolute atomic E-state index is 1.20. The Kier molecular flexibility index (Phi) is 8.17.